The molecule has 1 amide bonds. The number of halogens is 3. The normalized spacial score (nSPS) is 16.3. The first-order valence-electron chi connectivity index (χ1n) is 6.73. The van der Waals surface area contributed by atoms with E-state index in [-0.39, 0.29) is 24.0 Å². The Kier molecular flexibility index (Phi) is 7.59. The molecular weight excluding hydrogens is 361 g/mol. The first kappa shape index (κ1) is 18.4. The highest BCUT2D eigenvalue weighted by Gasteiger charge is 2.19. The Labute approximate surface area is 139 Å². The standard InChI is InChI=1S/C14H19BrFN3O.ClH/c1-17-11-4-6-19(7-5-11)9-14(20)18-13-3-2-10(15)8-12(13)16;/h2-3,8,11,17H,4-7,9H2,1H3,(H,18,20);1H. The van der Waals surface area contributed by atoms with Gasteiger partial charge in [0.15, 0.2) is 0 Å². The molecule has 0 saturated carbocycles. The average molecular weight is 381 g/mol. The van der Waals surface area contributed by atoms with E-state index in [1.807, 2.05) is 7.05 Å². The van der Waals surface area contributed by atoms with E-state index in [4.69, 9.17) is 0 Å². The third-order valence-electron chi connectivity index (χ3n) is 3.57. The minimum atomic E-state index is -0.429. The third-order valence-corrected chi connectivity index (χ3v) is 4.06. The van der Waals surface area contributed by atoms with Gasteiger partial charge in [-0.25, -0.2) is 4.39 Å². The minimum Gasteiger partial charge on any atom is -0.322 e. The Morgan fingerprint density at radius 2 is 2.10 bits per heavy atom. The predicted molar refractivity (Wildman–Crippen MR) is 88.5 cm³/mol. The molecule has 118 valence electrons. The van der Waals surface area contributed by atoms with Crippen LogP contribution in [0.4, 0.5) is 10.1 Å². The highest BCUT2D eigenvalue weighted by molar-refractivity contribution is 9.10. The molecule has 2 N–H and O–H groups in total. The SMILES string of the molecule is CNC1CCN(CC(=O)Nc2ccc(Br)cc2F)CC1.Cl. The second-order valence-electron chi connectivity index (χ2n) is 5.01. The number of benzene rings is 1. The number of amides is 1. The van der Waals surface area contributed by atoms with E-state index >= 15 is 0 Å². The van der Waals surface area contributed by atoms with E-state index in [1.54, 1.807) is 12.1 Å². The van der Waals surface area contributed by atoms with Crippen molar-refractivity contribution >= 4 is 39.9 Å². The summed E-state index contributed by atoms with van der Waals surface area (Å²) in [7, 11) is 1.96. The average Bonchev–Trinajstić information content (AvgIpc) is 2.43. The molecule has 0 aliphatic carbocycles. The highest BCUT2D eigenvalue weighted by Crippen LogP contribution is 2.19. The van der Waals surface area contributed by atoms with E-state index in [9.17, 15) is 9.18 Å². The summed E-state index contributed by atoms with van der Waals surface area (Å²) < 4.78 is 14.3. The van der Waals surface area contributed by atoms with Crippen molar-refractivity contribution in [1.29, 1.82) is 0 Å². The topological polar surface area (TPSA) is 44.4 Å². The maximum absolute atomic E-state index is 13.6. The molecular formula is C14H20BrClFN3O. The molecule has 1 saturated heterocycles. The van der Waals surface area contributed by atoms with Gasteiger partial charge in [0, 0.05) is 23.6 Å². The van der Waals surface area contributed by atoms with Crippen LogP contribution >= 0.6 is 28.3 Å². The fourth-order valence-corrected chi connectivity index (χ4v) is 2.70. The summed E-state index contributed by atoms with van der Waals surface area (Å²) in [4.78, 5) is 14.0. The zero-order chi connectivity index (χ0) is 14.5. The molecule has 4 nitrogen and oxygen atoms in total. The molecule has 1 aromatic rings. The first-order chi connectivity index (χ1) is 9.58. The van der Waals surface area contributed by atoms with Gasteiger partial charge in [0.2, 0.25) is 5.91 Å². The van der Waals surface area contributed by atoms with Crippen molar-refractivity contribution in [2.24, 2.45) is 0 Å². The van der Waals surface area contributed by atoms with Crippen LogP contribution in [0.2, 0.25) is 0 Å². The van der Waals surface area contributed by atoms with Crippen LogP contribution in [0.25, 0.3) is 0 Å². The monoisotopic (exact) mass is 379 g/mol. The fourth-order valence-electron chi connectivity index (χ4n) is 2.36. The van der Waals surface area contributed by atoms with Gasteiger partial charge in [0.25, 0.3) is 0 Å². The van der Waals surface area contributed by atoms with Crippen molar-refractivity contribution in [2.75, 3.05) is 32.0 Å². The number of hydrogen-bond donors (Lipinski definition) is 2. The van der Waals surface area contributed by atoms with Crippen molar-refractivity contribution in [2.45, 2.75) is 18.9 Å². The number of carbonyl (C=O) groups excluding carboxylic acids is 1. The molecule has 0 bridgehead atoms. The van der Waals surface area contributed by atoms with Crippen LogP contribution in [0.15, 0.2) is 22.7 Å². The number of hydrogen-bond acceptors (Lipinski definition) is 3. The molecule has 0 atom stereocenters. The maximum Gasteiger partial charge on any atom is 0.238 e. The molecule has 1 aromatic carbocycles. The zero-order valence-electron chi connectivity index (χ0n) is 11.9. The summed E-state index contributed by atoms with van der Waals surface area (Å²) in [5.74, 6) is -0.601. The molecule has 0 unspecified atom stereocenters. The van der Waals surface area contributed by atoms with Gasteiger partial charge >= 0.3 is 0 Å². The Balaban J connectivity index is 0.00000220. The Morgan fingerprint density at radius 3 is 2.67 bits per heavy atom. The summed E-state index contributed by atoms with van der Waals surface area (Å²) in [5.41, 5.74) is 0.225. The molecule has 21 heavy (non-hydrogen) atoms. The molecule has 1 aliphatic heterocycles. The zero-order valence-corrected chi connectivity index (χ0v) is 14.3. The van der Waals surface area contributed by atoms with Crippen LogP contribution in [0.5, 0.6) is 0 Å². The largest absolute Gasteiger partial charge is 0.322 e. The van der Waals surface area contributed by atoms with Gasteiger partial charge < -0.3 is 10.6 Å². The number of piperidine rings is 1. The molecule has 0 spiro atoms. The number of likely N-dealkylation sites (tertiary alicyclic amines) is 1. The lowest BCUT2D eigenvalue weighted by molar-refractivity contribution is -0.117. The first-order valence-corrected chi connectivity index (χ1v) is 7.52. The van der Waals surface area contributed by atoms with Crippen LogP contribution in [-0.2, 0) is 4.79 Å². The van der Waals surface area contributed by atoms with Crippen LogP contribution in [0.3, 0.4) is 0 Å². The van der Waals surface area contributed by atoms with Crippen LogP contribution < -0.4 is 10.6 Å². The molecule has 0 aromatic heterocycles. The molecule has 1 aliphatic rings. The number of nitrogens with zero attached hydrogens (tertiary/aromatic N) is 1. The number of rotatable bonds is 4. The lowest BCUT2D eigenvalue weighted by Gasteiger charge is -2.31. The summed E-state index contributed by atoms with van der Waals surface area (Å²) >= 11 is 3.19. The van der Waals surface area contributed by atoms with Crippen molar-refractivity contribution in [3.8, 4) is 0 Å². The van der Waals surface area contributed by atoms with Crippen molar-refractivity contribution < 1.29 is 9.18 Å². The minimum absolute atomic E-state index is 0. The smallest absolute Gasteiger partial charge is 0.238 e. The summed E-state index contributed by atoms with van der Waals surface area (Å²) in [6.45, 7) is 2.09. The second kappa shape index (κ2) is 8.68. The lowest BCUT2D eigenvalue weighted by atomic mass is 10.1. The number of carbonyl (C=O) groups is 1. The van der Waals surface area contributed by atoms with E-state index in [0.29, 0.717) is 17.1 Å². The van der Waals surface area contributed by atoms with E-state index in [2.05, 4.69) is 31.5 Å². The van der Waals surface area contributed by atoms with Crippen LogP contribution in [0, 0.1) is 5.82 Å². The highest BCUT2D eigenvalue weighted by atomic mass is 79.9. The van der Waals surface area contributed by atoms with Gasteiger partial charge in [0.05, 0.1) is 12.2 Å². The summed E-state index contributed by atoms with van der Waals surface area (Å²) in [5, 5.41) is 5.87. The Bertz CT molecular complexity index is 481. The molecule has 2 rings (SSSR count). The summed E-state index contributed by atoms with van der Waals surface area (Å²) in [6.07, 6.45) is 2.08. The van der Waals surface area contributed by atoms with Crippen molar-refractivity contribution in [3.05, 3.63) is 28.5 Å². The summed E-state index contributed by atoms with van der Waals surface area (Å²) in [6, 6.07) is 5.15. The van der Waals surface area contributed by atoms with E-state index < -0.39 is 5.82 Å². The maximum atomic E-state index is 13.6. The molecule has 0 radical (unpaired) electrons. The predicted octanol–water partition coefficient (Wildman–Crippen LogP) is 2.63. The Morgan fingerprint density at radius 1 is 1.43 bits per heavy atom. The molecule has 1 fully saturated rings. The van der Waals surface area contributed by atoms with Gasteiger partial charge in [0.1, 0.15) is 5.82 Å². The third kappa shape index (κ3) is 5.54. The van der Waals surface area contributed by atoms with Gasteiger partial charge in [-0.15, -0.1) is 12.4 Å². The van der Waals surface area contributed by atoms with E-state index in [0.717, 1.165) is 25.9 Å². The Hall–Kier alpha value is -0.690. The van der Waals surface area contributed by atoms with Crippen molar-refractivity contribution in [1.82, 2.24) is 10.2 Å². The quantitative estimate of drug-likeness (QED) is 0.844. The van der Waals surface area contributed by atoms with E-state index in [1.165, 1.54) is 6.07 Å². The van der Waals surface area contributed by atoms with Crippen LogP contribution in [-0.4, -0.2) is 43.5 Å². The molecule has 7 heteroatoms. The van der Waals surface area contributed by atoms with Crippen molar-refractivity contribution in [3.63, 3.8) is 0 Å². The van der Waals surface area contributed by atoms with Gasteiger partial charge in [-0.2, -0.15) is 0 Å². The van der Waals surface area contributed by atoms with Gasteiger partial charge in [-0.3, -0.25) is 9.69 Å². The number of anilines is 1. The number of nitrogens with one attached hydrogen (secondary N) is 2. The van der Waals surface area contributed by atoms with Gasteiger partial charge in [-0.05, 0) is 38.1 Å². The fraction of sp³-hybridized carbons (Fsp3) is 0.500. The second-order valence-corrected chi connectivity index (χ2v) is 5.93. The van der Waals surface area contributed by atoms with Gasteiger partial charge in [-0.1, -0.05) is 15.9 Å². The molecule has 1 heterocycles. The lowest BCUT2D eigenvalue weighted by Crippen LogP contribution is -2.44. The van der Waals surface area contributed by atoms with Crippen LogP contribution in [0.1, 0.15) is 12.8 Å².